The molecule has 2 amide bonds. The van der Waals surface area contributed by atoms with Crippen LogP contribution in [0.3, 0.4) is 0 Å². The number of carbonyl (C=O) groups excluding carboxylic acids is 2. The van der Waals surface area contributed by atoms with Crippen molar-refractivity contribution in [3.8, 4) is 0 Å². The molecule has 7 nitrogen and oxygen atoms in total. The van der Waals surface area contributed by atoms with E-state index in [2.05, 4.69) is 4.72 Å². The summed E-state index contributed by atoms with van der Waals surface area (Å²) in [4.78, 5) is 30.1. The van der Waals surface area contributed by atoms with E-state index in [1.54, 1.807) is 11.8 Å². The van der Waals surface area contributed by atoms with Crippen molar-refractivity contribution in [1.82, 2.24) is 14.5 Å². The van der Waals surface area contributed by atoms with Crippen molar-refractivity contribution in [2.45, 2.75) is 69.9 Å². The molecule has 0 spiro atoms. The van der Waals surface area contributed by atoms with Gasteiger partial charge in [0.25, 0.3) is 0 Å². The molecule has 0 bridgehead atoms. The summed E-state index contributed by atoms with van der Waals surface area (Å²) in [6, 6.07) is 4.97. The van der Waals surface area contributed by atoms with Gasteiger partial charge in [0.1, 0.15) is 5.82 Å². The molecule has 2 atom stereocenters. The largest absolute Gasteiger partial charge is 0.416 e. The number of halogens is 7. The highest BCUT2D eigenvalue weighted by Gasteiger charge is 2.41. The molecule has 1 heterocycles. The first-order chi connectivity index (χ1) is 21.2. The molecule has 46 heavy (non-hydrogen) atoms. The van der Waals surface area contributed by atoms with Gasteiger partial charge in [0.05, 0.1) is 17.4 Å². The maximum absolute atomic E-state index is 14.0. The predicted molar refractivity (Wildman–Crippen MR) is 155 cm³/mol. The Bertz CT molecular complexity index is 1520. The fourth-order valence-corrected chi connectivity index (χ4v) is 7.42. The number of alkyl halides is 6. The van der Waals surface area contributed by atoms with E-state index in [-0.39, 0.29) is 49.0 Å². The van der Waals surface area contributed by atoms with Crippen molar-refractivity contribution in [3.63, 3.8) is 0 Å². The zero-order valence-corrected chi connectivity index (χ0v) is 26.3. The lowest BCUT2D eigenvalue weighted by Crippen LogP contribution is -2.50. The number of piperidine rings is 1. The average Bonchev–Trinajstić information content (AvgIpc) is 2.94. The maximum atomic E-state index is 14.0. The van der Waals surface area contributed by atoms with Crippen LogP contribution in [0.5, 0.6) is 0 Å². The molecule has 1 saturated carbocycles. The van der Waals surface area contributed by atoms with Crippen molar-refractivity contribution in [2.75, 3.05) is 26.4 Å². The van der Waals surface area contributed by atoms with Crippen LogP contribution in [0.1, 0.15) is 65.8 Å². The number of likely N-dealkylation sites (tertiary alicyclic amines) is 1. The van der Waals surface area contributed by atoms with E-state index >= 15 is 0 Å². The molecule has 1 aliphatic heterocycles. The Hall–Kier alpha value is -3.20. The Kier molecular flexibility index (Phi) is 10.5. The zero-order chi connectivity index (χ0) is 34.2. The van der Waals surface area contributed by atoms with Crippen molar-refractivity contribution in [2.24, 2.45) is 11.8 Å². The predicted octanol–water partition coefficient (Wildman–Crippen LogP) is 5.87. The number of sulfonamides is 1. The minimum Gasteiger partial charge on any atom is -0.342 e. The molecule has 0 aromatic heterocycles. The van der Waals surface area contributed by atoms with E-state index < -0.39 is 63.6 Å². The number of nitrogens with one attached hydrogen (secondary N) is 1. The van der Waals surface area contributed by atoms with Gasteiger partial charge in [-0.1, -0.05) is 6.07 Å². The van der Waals surface area contributed by atoms with E-state index in [4.69, 9.17) is 0 Å². The SMILES string of the molecule is Cc1cc(F)ccc1[C@@H]1CN(C(=O)C2CCC(NS(C)(=O)=O)CC2)CC[C@H]1C(=O)N(C)Cc1cc(C(F)(F)F)cc(C(F)(F)F)c1. The lowest BCUT2D eigenvalue weighted by atomic mass is 9.77. The average molecular weight is 680 g/mol. The van der Waals surface area contributed by atoms with Crippen LogP contribution >= 0.6 is 0 Å². The molecule has 1 saturated heterocycles. The third kappa shape index (κ3) is 8.78. The van der Waals surface area contributed by atoms with Gasteiger partial charge in [0.2, 0.25) is 21.8 Å². The van der Waals surface area contributed by atoms with Crippen molar-refractivity contribution >= 4 is 21.8 Å². The summed E-state index contributed by atoms with van der Waals surface area (Å²) in [5.41, 5.74) is -2.18. The van der Waals surface area contributed by atoms with Crippen molar-refractivity contribution in [3.05, 3.63) is 70.0 Å². The first-order valence-corrected chi connectivity index (χ1v) is 16.7. The van der Waals surface area contributed by atoms with E-state index in [0.29, 0.717) is 48.9 Å². The van der Waals surface area contributed by atoms with Crippen LogP contribution in [0.15, 0.2) is 36.4 Å². The number of carbonyl (C=O) groups is 2. The van der Waals surface area contributed by atoms with E-state index in [1.165, 1.54) is 25.2 Å². The second-order valence-corrected chi connectivity index (χ2v) is 14.1. The molecule has 1 aliphatic carbocycles. The van der Waals surface area contributed by atoms with Gasteiger partial charge in [-0.2, -0.15) is 26.3 Å². The van der Waals surface area contributed by atoms with E-state index in [9.17, 15) is 48.7 Å². The summed E-state index contributed by atoms with van der Waals surface area (Å²) < 4.78 is 120. The molecular weight excluding hydrogens is 643 g/mol. The van der Waals surface area contributed by atoms with E-state index in [1.807, 2.05) is 0 Å². The van der Waals surface area contributed by atoms with Crippen LogP contribution in [0.25, 0.3) is 0 Å². The van der Waals surface area contributed by atoms with Gasteiger partial charge in [0.15, 0.2) is 0 Å². The molecular formula is C31H36F7N3O4S. The highest BCUT2D eigenvalue weighted by Crippen LogP contribution is 2.39. The minimum atomic E-state index is -5.04. The van der Waals surface area contributed by atoms with Crippen LogP contribution in [0.4, 0.5) is 30.7 Å². The first kappa shape index (κ1) is 35.7. The summed E-state index contributed by atoms with van der Waals surface area (Å²) >= 11 is 0. The summed E-state index contributed by atoms with van der Waals surface area (Å²) in [6.45, 7) is 1.41. The monoisotopic (exact) mass is 679 g/mol. The second-order valence-electron chi connectivity index (χ2n) is 12.3. The topological polar surface area (TPSA) is 86.8 Å². The van der Waals surface area contributed by atoms with Gasteiger partial charge in [-0.3, -0.25) is 9.59 Å². The summed E-state index contributed by atoms with van der Waals surface area (Å²) in [5, 5.41) is 0. The van der Waals surface area contributed by atoms with Crippen LogP contribution < -0.4 is 4.72 Å². The quantitative estimate of drug-likeness (QED) is 0.371. The Morgan fingerprint density at radius 1 is 0.935 bits per heavy atom. The van der Waals surface area contributed by atoms with Gasteiger partial charge in [-0.15, -0.1) is 0 Å². The van der Waals surface area contributed by atoms with Crippen LogP contribution in [-0.4, -0.2) is 62.5 Å². The molecule has 2 aliphatic rings. The lowest BCUT2D eigenvalue weighted by Gasteiger charge is -2.42. The third-order valence-corrected chi connectivity index (χ3v) is 9.54. The Morgan fingerprint density at radius 2 is 1.52 bits per heavy atom. The van der Waals surface area contributed by atoms with Crippen molar-refractivity contribution < 1.29 is 48.7 Å². The van der Waals surface area contributed by atoms with Gasteiger partial charge in [-0.05, 0) is 86.1 Å². The Balaban J connectivity index is 1.55. The first-order valence-electron chi connectivity index (χ1n) is 14.8. The fourth-order valence-electron chi connectivity index (χ4n) is 6.58. The summed E-state index contributed by atoms with van der Waals surface area (Å²) in [5.74, 6) is -2.95. The zero-order valence-electron chi connectivity index (χ0n) is 25.5. The van der Waals surface area contributed by atoms with Gasteiger partial charge in [-0.25, -0.2) is 17.5 Å². The maximum Gasteiger partial charge on any atom is 0.416 e. The van der Waals surface area contributed by atoms with Gasteiger partial charge in [0, 0.05) is 50.5 Å². The smallest absolute Gasteiger partial charge is 0.342 e. The van der Waals surface area contributed by atoms with Gasteiger partial charge < -0.3 is 9.80 Å². The Labute approximate surface area is 263 Å². The number of hydrogen-bond acceptors (Lipinski definition) is 4. The minimum absolute atomic E-state index is 0.0278. The second kappa shape index (κ2) is 13.5. The molecule has 2 aromatic rings. The highest BCUT2D eigenvalue weighted by molar-refractivity contribution is 7.88. The van der Waals surface area contributed by atoms with Gasteiger partial charge >= 0.3 is 12.4 Å². The summed E-state index contributed by atoms with van der Waals surface area (Å²) in [6.07, 6.45) is -6.94. The molecule has 2 fully saturated rings. The summed E-state index contributed by atoms with van der Waals surface area (Å²) in [7, 11) is -2.10. The number of benzene rings is 2. The number of aryl methyl sites for hydroxylation is 1. The highest BCUT2D eigenvalue weighted by atomic mass is 32.2. The normalized spacial score (nSPS) is 22.9. The fraction of sp³-hybridized carbons (Fsp3) is 0.548. The molecule has 0 radical (unpaired) electrons. The van der Waals surface area contributed by atoms with Crippen LogP contribution in [-0.2, 0) is 38.5 Å². The van der Waals surface area contributed by atoms with E-state index in [0.717, 1.165) is 11.2 Å². The molecule has 2 aromatic carbocycles. The Morgan fingerprint density at radius 3 is 2.04 bits per heavy atom. The number of amides is 2. The number of hydrogen-bond donors (Lipinski definition) is 1. The molecule has 254 valence electrons. The number of rotatable bonds is 7. The van der Waals surface area contributed by atoms with Crippen LogP contribution in [0.2, 0.25) is 0 Å². The van der Waals surface area contributed by atoms with Crippen molar-refractivity contribution in [1.29, 1.82) is 0 Å². The molecule has 0 unspecified atom stereocenters. The number of nitrogens with zero attached hydrogens (tertiary/aromatic N) is 2. The molecule has 1 N–H and O–H groups in total. The van der Waals surface area contributed by atoms with Crippen LogP contribution in [0, 0.1) is 24.6 Å². The molecule has 15 heteroatoms. The third-order valence-electron chi connectivity index (χ3n) is 8.77. The standard InChI is InChI=1S/C31H36F7N3O4S/c1-18-12-23(32)6-9-25(18)27-17-41(28(42)20-4-7-24(8-5-20)39-46(3,44)45)11-10-26(27)29(43)40(2)16-19-13-21(30(33,34)35)15-22(14-19)31(36,37)38/h6,9,12-15,20,24,26-27,39H,4-5,7-8,10-11,16-17H2,1-3H3/t20?,24?,26-,27+/m1/s1. The molecule has 4 rings (SSSR count). The lowest BCUT2D eigenvalue weighted by molar-refractivity contribution is -0.144.